The van der Waals surface area contributed by atoms with E-state index in [1.807, 2.05) is 36.7 Å². The number of aliphatic imine (C=N–C) groups is 1. The highest BCUT2D eigenvalue weighted by atomic mass is 15.0. The lowest BCUT2D eigenvalue weighted by atomic mass is 9.98. The average molecular weight is 393 g/mol. The molecule has 0 radical (unpaired) electrons. The van der Waals surface area contributed by atoms with Crippen molar-refractivity contribution in [3.63, 3.8) is 0 Å². The monoisotopic (exact) mass is 392 g/mol. The van der Waals surface area contributed by atoms with Gasteiger partial charge in [-0.25, -0.2) is 0 Å². The average Bonchev–Trinajstić information content (AvgIpc) is 2.74. The number of rotatable bonds is 8. The molecule has 3 rings (SSSR count). The summed E-state index contributed by atoms with van der Waals surface area (Å²) in [5.74, 6) is 0. The molecule has 0 aliphatic heterocycles. The molecule has 150 valence electrons. The Balaban J connectivity index is 1.73. The molecule has 1 N–H and O–H groups in total. The maximum absolute atomic E-state index is 4.60. The Morgan fingerprint density at radius 1 is 1.07 bits per heavy atom. The van der Waals surface area contributed by atoms with Crippen LogP contribution in [0.2, 0.25) is 0 Å². The van der Waals surface area contributed by atoms with Gasteiger partial charge in [-0.15, -0.1) is 0 Å². The van der Waals surface area contributed by atoms with Crippen molar-refractivity contribution in [3.8, 4) is 0 Å². The third kappa shape index (κ3) is 6.50. The molecule has 0 spiro atoms. The van der Waals surface area contributed by atoms with Crippen LogP contribution in [0.25, 0.3) is 5.57 Å². The lowest BCUT2D eigenvalue weighted by Crippen LogP contribution is -2.04. The van der Waals surface area contributed by atoms with E-state index in [0.29, 0.717) is 6.67 Å². The van der Waals surface area contributed by atoms with Crippen molar-refractivity contribution in [1.82, 2.24) is 5.32 Å². The van der Waals surface area contributed by atoms with E-state index < -0.39 is 0 Å². The van der Waals surface area contributed by atoms with Crippen LogP contribution < -0.4 is 5.32 Å². The molecule has 1 aliphatic carbocycles. The molecule has 0 aromatic heterocycles. The number of aryl methyl sites for hydroxylation is 3. The molecule has 0 amide bonds. The summed E-state index contributed by atoms with van der Waals surface area (Å²) < 4.78 is 0. The minimum Gasteiger partial charge on any atom is -0.372 e. The van der Waals surface area contributed by atoms with Gasteiger partial charge in [0.05, 0.1) is 0 Å². The van der Waals surface area contributed by atoms with Crippen LogP contribution in [-0.2, 0) is 6.42 Å². The van der Waals surface area contributed by atoms with Crippen molar-refractivity contribution in [3.05, 3.63) is 124 Å². The van der Waals surface area contributed by atoms with Crippen LogP contribution in [0.4, 0.5) is 0 Å². The van der Waals surface area contributed by atoms with Gasteiger partial charge in [0.2, 0.25) is 0 Å². The van der Waals surface area contributed by atoms with E-state index >= 15 is 0 Å². The SMILES string of the molecule is Cc1cc(C)cc(C(=C/Cc2ccccc2C)/C=N/CN/C=C\C2=C=C=CC=C2)c1. The number of nitrogens with zero attached hydrogens (tertiary/aromatic N) is 1. The molecule has 1 aliphatic rings. The third-order valence-corrected chi connectivity index (χ3v) is 4.82. The largest absolute Gasteiger partial charge is 0.372 e. The highest BCUT2D eigenvalue weighted by Crippen LogP contribution is 2.19. The molecule has 2 heteroatoms. The summed E-state index contributed by atoms with van der Waals surface area (Å²) in [6.07, 6.45) is 14.8. The van der Waals surface area contributed by atoms with E-state index in [0.717, 1.165) is 17.6 Å². The van der Waals surface area contributed by atoms with Crippen molar-refractivity contribution >= 4 is 11.8 Å². The van der Waals surface area contributed by atoms with Gasteiger partial charge < -0.3 is 5.32 Å². The first kappa shape index (κ1) is 21.1. The Kier molecular flexibility index (Phi) is 7.64. The second-order valence-electron chi connectivity index (χ2n) is 7.42. The highest BCUT2D eigenvalue weighted by Gasteiger charge is 2.03. The molecule has 0 fully saturated rings. The zero-order valence-electron chi connectivity index (χ0n) is 17.9. The molecule has 0 unspecified atom stereocenters. The number of nitrogens with one attached hydrogen (secondary N) is 1. The number of allylic oxidation sites excluding steroid dienone is 7. The summed E-state index contributed by atoms with van der Waals surface area (Å²) in [7, 11) is 0. The maximum Gasteiger partial charge on any atom is 0.107 e. The second-order valence-corrected chi connectivity index (χ2v) is 7.42. The summed E-state index contributed by atoms with van der Waals surface area (Å²) in [6.45, 7) is 6.94. The van der Waals surface area contributed by atoms with E-state index in [2.05, 4.69) is 91.1 Å². The molecule has 0 saturated carbocycles. The van der Waals surface area contributed by atoms with E-state index in [9.17, 15) is 0 Å². The highest BCUT2D eigenvalue weighted by molar-refractivity contribution is 6.09. The predicted molar refractivity (Wildman–Crippen MR) is 129 cm³/mol. The second kappa shape index (κ2) is 10.8. The molecule has 2 aromatic carbocycles. The lowest BCUT2D eigenvalue weighted by molar-refractivity contribution is 0.889. The van der Waals surface area contributed by atoms with Crippen molar-refractivity contribution in [2.75, 3.05) is 6.67 Å². The summed E-state index contributed by atoms with van der Waals surface area (Å²) >= 11 is 0. The summed E-state index contributed by atoms with van der Waals surface area (Å²) in [6, 6.07) is 15.2. The standard InChI is InChI=1S/C28H28N2/c1-22-17-23(2)19-28(18-22)27(14-13-26-12-8-7-9-24(26)3)20-30-21-29-16-15-25-10-5-4-6-11-25/h4-5,7-10,12,14-20,29H,13,21H2,1-3H3/b16-15-,27-14+,30-20+. The Hall–Kier alpha value is -3.57. The Morgan fingerprint density at radius 2 is 1.87 bits per heavy atom. The third-order valence-electron chi connectivity index (χ3n) is 4.82. The Morgan fingerprint density at radius 3 is 2.60 bits per heavy atom. The number of hydrogen-bond acceptors (Lipinski definition) is 2. The van der Waals surface area contributed by atoms with Crippen LogP contribution in [0.3, 0.4) is 0 Å². The van der Waals surface area contributed by atoms with Gasteiger partial charge in [-0.1, -0.05) is 77.2 Å². The van der Waals surface area contributed by atoms with Gasteiger partial charge in [0.15, 0.2) is 0 Å². The molecule has 0 atom stereocenters. The Labute approximate surface area is 180 Å². The first-order chi connectivity index (χ1) is 14.6. The van der Waals surface area contributed by atoms with Crippen LogP contribution in [0.15, 0.2) is 101 Å². The summed E-state index contributed by atoms with van der Waals surface area (Å²) in [5.41, 5.74) is 14.5. The first-order valence-corrected chi connectivity index (χ1v) is 10.2. The topological polar surface area (TPSA) is 24.4 Å². The van der Waals surface area contributed by atoms with Crippen molar-refractivity contribution < 1.29 is 0 Å². The molecule has 2 nitrogen and oxygen atoms in total. The van der Waals surface area contributed by atoms with Gasteiger partial charge in [-0.3, -0.25) is 4.99 Å². The summed E-state index contributed by atoms with van der Waals surface area (Å²) in [5, 5.41) is 3.21. The van der Waals surface area contributed by atoms with E-state index in [1.54, 1.807) is 0 Å². The van der Waals surface area contributed by atoms with Crippen LogP contribution in [0, 0.1) is 20.8 Å². The van der Waals surface area contributed by atoms with Gasteiger partial charge in [0, 0.05) is 11.8 Å². The van der Waals surface area contributed by atoms with E-state index in [-0.39, 0.29) is 0 Å². The fourth-order valence-electron chi connectivity index (χ4n) is 3.31. The van der Waals surface area contributed by atoms with Gasteiger partial charge in [-0.2, -0.15) is 0 Å². The maximum atomic E-state index is 4.60. The van der Waals surface area contributed by atoms with Crippen molar-refractivity contribution in [2.45, 2.75) is 27.2 Å². The Bertz CT molecular complexity index is 1090. The zero-order chi connectivity index (χ0) is 21.2. The quantitative estimate of drug-likeness (QED) is 0.324. The fourth-order valence-corrected chi connectivity index (χ4v) is 3.31. The first-order valence-electron chi connectivity index (χ1n) is 10.2. The zero-order valence-corrected chi connectivity index (χ0v) is 17.9. The lowest BCUT2D eigenvalue weighted by Gasteiger charge is -2.08. The minimum absolute atomic E-state index is 0.513. The van der Waals surface area contributed by atoms with E-state index in [4.69, 9.17) is 0 Å². The normalized spacial score (nSPS) is 13.4. The molecule has 0 heterocycles. The number of benzene rings is 2. The fraction of sp³-hybridized carbons (Fsp3) is 0.179. The molecule has 0 bridgehead atoms. The molecule has 0 saturated heterocycles. The van der Waals surface area contributed by atoms with Gasteiger partial charge in [0.1, 0.15) is 6.67 Å². The van der Waals surface area contributed by atoms with Gasteiger partial charge >= 0.3 is 0 Å². The van der Waals surface area contributed by atoms with Crippen molar-refractivity contribution in [1.29, 1.82) is 0 Å². The van der Waals surface area contributed by atoms with Crippen LogP contribution >= 0.6 is 0 Å². The van der Waals surface area contributed by atoms with Crippen molar-refractivity contribution in [2.24, 2.45) is 4.99 Å². The number of hydrogen-bond donors (Lipinski definition) is 1. The van der Waals surface area contributed by atoms with Crippen LogP contribution in [0.5, 0.6) is 0 Å². The molecular formula is C28H28N2. The minimum atomic E-state index is 0.513. The smallest absolute Gasteiger partial charge is 0.107 e. The predicted octanol–water partition coefficient (Wildman–Crippen LogP) is 6.18. The summed E-state index contributed by atoms with van der Waals surface area (Å²) in [4.78, 5) is 4.60. The molecular weight excluding hydrogens is 364 g/mol. The molecule has 2 aromatic rings. The van der Waals surface area contributed by atoms with Crippen LogP contribution in [0.1, 0.15) is 27.8 Å². The van der Waals surface area contributed by atoms with E-state index in [1.165, 1.54) is 27.8 Å². The van der Waals surface area contributed by atoms with Crippen LogP contribution in [-0.4, -0.2) is 12.9 Å². The molecule has 30 heavy (non-hydrogen) atoms. The van der Waals surface area contributed by atoms with Gasteiger partial charge in [-0.05, 0) is 73.9 Å². The van der Waals surface area contributed by atoms with Gasteiger partial charge in [0.25, 0.3) is 0 Å².